The van der Waals surface area contributed by atoms with E-state index in [1.165, 1.54) is 6.92 Å². The molecule has 0 aliphatic rings. The average molecular weight is 299 g/mol. The first kappa shape index (κ1) is 16.7. The smallest absolute Gasteiger partial charge is 0.209 e. The van der Waals surface area contributed by atoms with E-state index in [1.807, 2.05) is 13.0 Å². The van der Waals surface area contributed by atoms with E-state index in [9.17, 15) is 13.2 Å². The minimum Gasteiger partial charge on any atom is -0.493 e. The van der Waals surface area contributed by atoms with Crippen molar-refractivity contribution in [2.75, 3.05) is 12.4 Å². The molecule has 0 heterocycles. The number of hydrogen-bond acceptors (Lipinski definition) is 4. The molecule has 5 nitrogen and oxygen atoms in total. The lowest BCUT2D eigenvalue weighted by Crippen LogP contribution is -2.19. The zero-order valence-corrected chi connectivity index (χ0v) is 12.7. The highest BCUT2D eigenvalue weighted by Crippen LogP contribution is 2.19. The second-order valence-corrected chi connectivity index (χ2v) is 6.68. The molecule has 0 spiro atoms. The molecule has 0 aliphatic heterocycles. The maximum absolute atomic E-state index is 11.4. The number of ketones is 1. The highest BCUT2D eigenvalue weighted by molar-refractivity contribution is 7.89. The number of nitrogens with two attached hydrogens (primary N) is 1. The average Bonchev–Trinajstić information content (AvgIpc) is 2.36. The van der Waals surface area contributed by atoms with Crippen molar-refractivity contribution in [1.29, 1.82) is 0 Å². The SMILES string of the molecule is CC(=O)c1ccccc1OCCC(C)CCS(N)(=O)=O. The van der Waals surface area contributed by atoms with E-state index in [-0.39, 0.29) is 17.5 Å². The van der Waals surface area contributed by atoms with Crippen LogP contribution in [-0.4, -0.2) is 26.6 Å². The van der Waals surface area contributed by atoms with Crippen molar-refractivity contribution in [3.05, 3.63) is 29.8 Å². The van der Waals surface area contributed by atoms with Crippen LogP contribution < -0.4 is 9.88 Å². The van der Waals surface area contributed by atoms with E-state index in [0.29, 0.717) is 30.8 Å². The quantitative estimate of drug-likeness (QED) is 0.743. The van der Waals surface area contributed by atoms with Gasteiger partial charge in [0.2, 0.25) is 10.0 Å². The fraction of sp³-hybridized carbons (Fsp3) is 0.500. The van der Waals surface area contributed by atoms with Crippen LogP contribution in [0.2, 0.25) is 0 Å². The fourth-order valence-electron chi connectivity index (χ4n) is 1.76. The van der Waals surface area contributed by atoms with Crippen LogP contribution in [0.15, 0.2) is 24.3 Å². The Morgan fingerprint density at radius 1 is 1.30 bits per heavy atom. The molecule has 0 aliphatic carbocycles. The summed E-state index contributed by atoms with van der Waals surface area (Å²) in [6.07, 6.45) is 1.22. The molecule has 0 saturated heterocycles. The predicted octanol–water partition coefficient (Wildman–Crippen LogP) is 1.97. The van der Waals surface area contributed by atoms with Crippen molar-refractivity contribution in [3.8, 4) is 5.75 Å². The van der Waals surface area contributed by atoms with Gasteiger partial charge in [0.05, 0.1) is 17.9 Å². The Morgan fingerprint density at radius 3 is 2.55 bits per heavy atom. The van der Waals surface area contributed by atoms with Gasteiger partial charge in [0, 0.05) is 0 Å². The van der Waals surface area contributed by atoms with Crippen LogP contribution in [0.25, 0.3) is 0 Å². The maximum Gasteiger partial charge on any atom is 0.209 e. The first-order valence-corrected chi connectivity index (χ1v) is 8.24. The summed E-state index contributed by atoms with van der Waals surface area (Å²) < 4.78 is 27.3. The Morgan fingerprint density at radius 2 is 1.95 bits per heavy atom. The normalized spacial score (nSPS) is 12.9. The Labute approximate surface area is 120 Å². The molecule has 0 fully saturated rings. The molecule has 1 rings (SSSR count). The van der Waals surface area contributed by atoms with Crippen molar-refractivity contribution in [2.45, 2.75) is 26.7 Å². The molecule has 1 aromatic carbocycles. The summed E-state index contributed by atoms with van der Waals surface area (Å²) in [6.45, 7) is 3.89. The van der Waals surface area contributed by atoms with E-state index in [2.05, 4.69) is 0 Å². The van der Waals surface area contributed by atoms with E-state index in [1.54, 1.807) is 18.2 Å². The van der Waals surface area contributed by atoms with Crippen LogP contribution >= 0.6 is 0 Å². The Bertz CT molecular complexity index is 554. The number of Topliss-reactive ketones (excluding diaryl/α,β-unsaturated/α-hetero) is 1. The summed E-state index contributed by atoms with van der Waals surface area (Å²) in [5.74, 6) is 0.706. The minimum atomic E-state index is -3.40. The Kier molecular flexibility index (Phi) is 6.16. The van der Waals surface area contributed by atoms with Gasteiger partial charge in [-0.2, -0.15) is 0 Å². The molecule has 0 aromatic heterocycles. The summed E-state index contributed by atoms with van der Waals surface area (Å²) in [7, 11) is -3.40. The molecule has 0 bridgehead atoms. The second kappa shape index (κ2) is 7.40. The van der Waals surface area contributed by atoms with E-state index >= 15 is 0 Å². The molecule has 0 radical (unpaired) electrons. The summed E-state index contributed by atoms with van der Waals surface area (Å²) in [6, 6.07) is 7.08. The van der Waals surface area contributed by atoms with Gasteiger partial charge in [-0.15, -0.1) is 0 Å². The van der Waals surface area contributed by atoms with E-state index < -0.39 is 10.0 Å². The van der Waals surface area contributed by atoms with Crippen molar-refractivity contribution >= 4 is 15.8 Å². The van der Waals surface area contributed by atoms with Gasteiger partial charge in [0.25, 0.3) is 0 Å². The number of para-hydroxylation sites is 1. The number of primary sulfonamides is 1. The molecule has 1 unspecified atom stereocenters. The van der Waals surface area contributed by atoms with Gasteiger partial charge in [0.1, 0.15) is 5.75 Å². The van der Waals surface area contributed by atoms with Gasteiger partial charge in [-0.1, -0.05) is 19.1 Å². The highest BCUT2D eigenvalue weighted by atomic mass is 32.2. The van der Waals surface area contributed by atoms with Gasteiger partial charge in [0.15, 0.2) is 5.78 Å². The van der Waals surface area contributed by atoms with Crippen LogP contribution in [0.5, 0.6) is 5.75 Å². The molecule has 0 amide bonds. The molecular formula is C14H21NO4S. The molecule has 0 saturated carbocycles. The number of carbonyl (C=O) groups excluding carboxylic acids is 1. The van der Waals surface area contributed by atoms with Crippen LogP contribution in [0.4, 0.5) is 0 Å². The van der Waals surface area contributed by atoms with Crippen LogP contribution in [-0.2, 0) is 10.0 Å². The number of benzene rings is 1. The first-order valence-electron chi connectivity index (χ1n) is 6.53. The lowest BCUT2D eigenvalue weighted by atomic mass is 10.1. The summed E-state index contributed by atoms with van der Waals surface area (Å²) in [5.41, 5.74) is 0.560. The van der Waals surface area contributed by atoms with Crippen LogP contribution in [0.3, 0.4) is 0 Å². The van der Waals surface area contributed by atoms with Gasteiger partial charge < -0.3 is 4.74 Å². The zero-order valence-electron chi connectivity index (χ0n) is 11.8. The third-order valence-electron chi connectivity index (χ3n) is 3.03. The molecular weight excluding hydrogens is 278 g/mol. The molecule has 1 aromatic rings. The lowest BCUT2D eigenvalue weighted by molar-refractivity contribution is 0.101. The van der Waals surface area contributed by atoms with Crippen molar-refractivity contribution in [1.82, 2.24) is 0 Å². The molecule has 20 heavy (non-hydrogen) atoms. The fourth-order valence-corrected chi connectivity index (χ4v) is 2.49. The monoisotopic (exact) mass is 299 g/mol. The van der Waals surface area contributed by atoms with Gasteiger partial charge in [-0.05, 0) is 37.8 Å². The largest absolute Gasteiger partial charge is 0.493 e. The number of carbonyl (C=O) groups is 1. The van der Waals surface area contributed by atoms with Gasteiger partial charge >= 0.3 is 0 Å². The predicted molar refractivity (Wildman–Crippen MR) is 78.3 cm³/mol. The zero-order chi connectivity index (χ0) is 15.2. The summed E-state index contributed by atoms with van der Waals surface area (Å²) in [5, 5.41) is 4.96. The molecule has 1 atom stereocenters. The Hall–Kier alpha value is -1.40. The van der Waals surface area contributed by atoms with Crippen molar-refractivity contribution in [3.63, 3.8) is 0 Å². The molecule has 2 N–H and O–H groups in total. The summed E-state index contributed by atoms with van der Waals surface area (Å²) >= 11 is 0. The summed E-state index contributed by atoms with van der Waals surface area (Å²) in [4.78, 5) is 11.4. The maximum atomic E-state index is 11.4. The molecule has 112 valence electrons. The Balaban J connectivity index is 2.43. The molecule has 6 heteroatoms. The third-order valence-corrected chi connectivity index (χ3v) is 3.83. The first-order chi connectivity index (χ1) is 9.29. The standard InChI is InChI=1S/C14H21NO4S/c1-11(8-10-20(15,17)18)7-9-19-14-6-4-3-5-13(14)12(2)16/h3-6,11H,7-10H2,1-2H3,(H2,15,17,18). The van der Waals surface area contributed by atoms with Crippen LogP contribution in [0, 0.1) is 5.92 Å². The van der Waals surface area contributed by atoms with E-state index in [0.717, 1.165) is 0 Å². The highest BCUT2D eigenvalue weighted by Gasteiger charge is 2.10. The van der Waals surface area contributed by atoms with Crippen molar-refractivity contribution < 1.29 is 17.9 Å². The number of sulfonamides is 1. The third kappa shape index (κ3) is 6.16. The second-order valence-electron chi connectivity index (χ2n) is 4.95. The number of rotatable bonds is 8. The van der Waals surface area contributed by atoms with E-state index in [4.69, 9.17) is 9.88 Å². The number of ether oxygens (including phenoxy) is 1. The lowest BCUT2D eigenvalue weighted by Gasteiger charge is -2.13. The number of hydrogen-bond donors (Lipinski definition) is 1. The van der Waals surface area contributed by atoms with Gasteiger partial charge in [-0.25, -0.2) is 13.6 Å². The minimum absolute atomic E-state index is 0.0157. The topological polar surface area (TPSA) is 86.5 Å². The van der Waals surface area contributed by atoms with Gasteiger partial charge in [-0.3, -0.25) is 4.79 Å². The van der Waals surface area contributed by atoms with Crippen molar-refractivity contribution in [2.24, 2.45) is 11.1 Å². The van der Waals surface area contributed by atoms with Crippen LogP contribution in [0.1, 0.15) is 37.0 Å².